The molecular weight excluding hydrogens is 266 g/mol. The first-order chi connectivity index (χ1) is 9.78. The van der Waals surface area contributed by atoms with Crippen molar-refractivity contribution in [2.24, 2.45) is 0 Å². The number of aryl methyl sites for hydroxylation is 1. The fraction of sp³-hybridized carbons (Fsp3) is 0.562. The van der Waals surface area contributed by atoms with Crippen molar-refractivity contribution < 1.29 is 9.90 Å². The van der Waals surface area contributed by atoms with Crippen LogP contribution in [0.3, 0.4) is 0 Å². The van der Waals surface area contributed by atoms with Crippen molar-refractivity contribution >= 4 is 11.6 Å². The molecule has 0 saturated carbocycles. The van der Waals surface area contributed by atoms with Gasteiger partial charge in [0.25, 0.3) is 5.91 Å². The van der Waals surface area contributed by atoms with Gasteiger partial charge in [-0.05, 0) is 32.4 Å². The highest BCUT2D eigenvalue weighted by Gasteiger charge is 2.26. The van der Waals surface area contributed by atoms with Gasteiger partial charge < -0.3 is 15.7 Å². The quantitative estimate of drug-likeness (QED) is 0.818. The minimum absolute atomic E-state index is 0.00788. The van der Waals surface area contributed by atoms with E-state index in [9.17, 15) is 9.90 Å². The Labute approximate surface area is 126 Å². The zero-order chi connectivity index (χ0) is 15.6. The van der Waals surface area contributed by atoms with Crippen LogP contribution in [0.4, 0.5) is 5.69 Å². The van der Waals surface area contributed by atoms with Gasteiger partial charge in [0.2, 0.25) is 0 Å². The highest BCUT2D eigenvalue weighted by Crippen LogP contribution is 2.19. The van der Waals surface area contributed by atoms with E-state index < -0.39 is 5.60 Å². The molecule has 21 heavy (non-hydrogen) atoms. The molecule has 1 saturated heterocycles. The van der Waals surface area contributed by atoms with E-state index in [4.69, 9.17) is 5.73 Å². The third-order valence-corrected chi connectivity index (χ3v) is 3.79. The maximum absolute atomic E-state index is 12.6. The molecule has 0 spiro atoms. The number of rotatable bonds is 3. The molecule has 0 bridgehead atoms. The molecule has 1 aliphatic heterocycles. The van der Waals surface area contributed by atoms with E-state index in [-0.39, 0.29) is 5.91 Å². The van der Waals surface area contributed by atoms with Crippen LogP contribution in [0.15, 0.2) is 18.2 Å². The molecule has 1 aromatic carbocycles. The third-order valence-electron chi connectivity index (χ3n) is 3.79. The van der Waals surface area contributed by atoms with Crippen LogP contribution < -0.4 is 5.73 Å². The largest absolute Gasteiger partial charge is 0.398 e. The molecule has 1 fully saturated rings. The van der Waals surface area contributed by atoms with Gasteiger partial charge in [0.1, 0.15) is 0 Å². The number of piperazine rings is 1. The number of amides is 1. The van der Waals surface area contributed by atoms with Gasteiger partial charge in [0.15, 0.2) is 0 Å². The van der Waals surface area contributed by atoms with Crippen LogP contribution in [0.5, 0.6) is 0 Å². The van der Waals surface area contributed by atoms with Crippen LogP contribution >= 0.6 is 0 Å². The van der Waals surface area contributed by atoms with Crippen LogP contribution in [0.1, 0.15) is 29.8 Å². The summed E-state index contributed by atoms with van der Waals surface area (Å²) in [7, 11) is 0. The van der Waals surface area contributed by atoms with Crippen LogP contribution in [0, 0.1) is 6.92 Å². The number of anilines is 1. The monoisotopic (exact) mass is 291 g/mol. The van der Waals surface area contributed by atoms with Crippen molar-refractivity contribution in [1.29, 1.82) is 0 Å². The Bertz CT molecular complexity index is 494. The number of nitrogens with two attached hydrogens (primary N) is 1. The van der Waals surface area contributed by atoms with Gasteiger partial charge >= 0.3 is 0 Å². The Kier molecular flexibility index (Phi) is 4.54. The molecule has 2 rings (SSSR count). The lowest BCUT2D eigenvalue weighted by atomic mass is 10.0. The lowest BCUT2D eigenvalue weighted by molar-refractivity contribution is 0.0178. The lowest BCUT2D eigenvalue weighted by Gasteiger charge is -2.37. The lowest BCUT2D eigenvalue weighted by Crippen LogP contribution is -2.52. The Balaban J connectivity index is 2.01. The van der Waals surface area contributed by atoms with Gasteiger partial charge in [-0.1, -0.05) is 12.1 Å². The van der Waals surface area contributed by atoms with Gasteiger partial charge in [0.05, 0.1) is 11.2 Å². The number of hydrogen-bond donors (Lipinski definition) is 2. The molecule has 1 amide bonds. The number of nitrogens with zero attached hydrogens (tertiary/aromatic N) is 2. The van der Waals surface area contributed by atoms with Crippen molar-refractivity contribution in [3.05, 3.63) is 29.3 Å². The van der Waals surface area contributed by atoms with E-state index in [2.05, 4.69) is 4.90 Å². The van der Waals surface area contributed by atoms with Crippen molar-refractivity contribution in [3.8, 4) is 0 Å². The normalized spacial score (nSPS) is 17.0. The molecule has 116 valence electrons. The molecule has 1 aromatic rings. The number of benzene rings is 1. The fourth-order valence-electron chi connectivity index (χ4n) is 2.80. The summed E-state index contributed by atoms with van der Waals surface area (Å²) in [6.07, 6.45) is 0. The molecule has 5 nitrogen and oxygen atoms in total. The first kappa shape index (κ1) is 15.8. The van der Waals surface area contributed by atoms with Crippen molar-refractivity contribution in [2.45, 2.75) is 26.4 Å². The summed E-state index contributed by atoms with van der Waals surface area (Å²) in [6, 6.07) is 5.54. The Hall–Kier alpha value is -1.59. The molecule has 1 heterocycles. The summed E-state index contributed by atoms with van der Waals surface area (Å²) in [5, 5.41) is 9.86. The van der Waals surface area contributed by atoms with E-state index in [0.29, 0.717) is 30.9 Å². The zero-order valence-corrected chi connectivity index (χ0v) is 13.1. The van der Waals surface area contributed by atoms with E-state index in [1.807, 2.05) is 24.0 Å². The van der Waals surface area contributed by atoms with Gasteiger partial charge in [-0.25, -0.2) is 0 Å². The van der Waals surface area contributed by atoms with Gasteiger partial charge in [0, 0.05) is 38.4 Å². The van der Waals surface area contributed by atoms with Gasteiger partial charge in [-0.2, -0.15) is 0 Å². The molecule has 0 atom stereocenters. The average Bonchev–Trinajstić information content (AvgIpc) is 2.37. The summed E-state index contributed by atoms with van der Waals surface area (Å²) in [5.41, 5.74) is 7.32. The summed E-state index contributed by atoms with van der Waals surface area (Å²) in [5.74, 6) is 0.00788. The Morgan fingerprint density at radius 3 is 2.43 bits per heavy atom. The predicted molar refractivity (Wildman–Crippen MR) is 84.2 cm³/mol. The van der Waals surface area contributed by atoms with Crippen LogP contribution in [0.2, 0.25) is 0 Å². The third kappa shape index (κ3) is 3.95. The highest BCUT2D eigenvalue weighted by molar-refractivity contribution is 6.00. The molecule has 5 heteroatoms. The second-order valence-corrected chi connectivity index (χ2v) is 6.42. The molecule has 0 radical (unpaired) electrons. The minimum Gasteiger partial charge on any atom is -0.398 e. The number of carbonyl (C=O) groups is 1. The van der Waals surface area contributed by atoms with Gasteiger partial charge in [-0.3, -0.25) is 9.69 Å². The summed E-state index contributed by atoms with van der Waals surface area (Å²) >= 11 is 0. The smallest absolute Gasteiger partial charge is 0.256 e. The topological polar surface area (TPSA) is 69.8 Å². The number of nitrogen functional groups attached to an aromatic ring is 1. The Morgan fingerprint density at radius 2 is 1.90 bits per heavy atom. The number of hydrogen-bond acceptors (Lipinski definition) is 4. The van der Waals surface area contributed by atoms with Crippen molar-refractivity contribution in [1.82, 2.24) is 9.80 Å². The molecule has 1 aliphatic rings. The van der Waals surface area contributed by atoms with Gasteiger partial charge in [-0.15, -0.1) is 0 Å². The van der Waals surface area contributed by atoms with E-state index in [1.165, 1.54) is 0 Å². The molecular formula is C16H25N3O2. The number of β-amino-alcohol motifs (C(OH)–C–C–N with tert-alkyl or cyclic N) is 1. The summed E-state index contributed by atoms with van der Waals surface area (Å²) in [4.78, 5) is 16.6. The second kappa shape index (κ2) is 6.03. The first-order valence-corrected chi connectivity index (χ1v) is 7.37. The molecule has 0 aliphatic carbocycles. The fourth-order valence-corrected chi connectivity index (χ4v) is 2.80. The average molecular weight is 291 g/mol. The predicted octanol–water partition coefficient (Wildman–Crippen LogP) is 1.11. The van der Waals surface area contributed by atoms with Crippen LogP contribution in [0.25, 0.3) is 0 Å². The molecule has 0 unspecified atom stereocenters. The van der Waals surface area contributed by atoms with E-state index >= 15 is 0 Å². The molecule has 3 N–H and O–H groups in total. The van der Waals surface area contributed by atoms with Crippen LogP contribution in [-0.4, -0.2) is 59.1 Å². The molecule has 0 aromatic heterocycles. The highest BCUT2D eigenvalue weighted by atomic mass is 16.3. The number of carbonyl (C=O) groups excluding carboxylic acids is 1. The maximum Gasteiger partial charge on any atom is 0.256 e. The zero-order valence-electron chi connectivity index (χ0n) is 13.1. The van der Waals surface area contributed by atoms with Crippen LogP contribution in [-0.2, 0) is 0 Å². The minimum atomic E-state index is -0.702. The Morgan fingerprint density at radius 1 is 1.29 bits per heavy atom. The maximum atomic E-state index is 12.6. The van der Waals surface area contributed by atoms with E-state index in [0.717, 1.165) is 18.7 Å². The van der Waals surface area contributed by atoms with Crippen molar-refractivity contribution in [3.63, 3.8) is 0 Å². The number of aliphatic hydroxyl groups is 1. The first-order valence-electron chi connectivity index (χ1n) is 7.37. The summed E-state index contributed by atoms with van der Waals surface area (Å²) < 4.78 is 0. The van der Waals surface area contributed by atoms with E-state index in [1.54, 1.807) is 19.9 Å². The second-order valence-electron chi connectivity index (χ2n) is 6.42. The summed E-state index contributed by atoms with van der Waals surface area (Å²) in [6.45, 7) is 9.04. The van der Waals surface area contributed by atoms with Crippen molar-refractivity contribution in [2.75, 3.05) is 38.5 Å². The standard InChI is InChI=1S/C16H25N3O2/c1-12-5-4-6-13(17)14(12)15(20)19-9-7-18(8-10-19)11-16(2,3)21/h4-6,21H,7-11,17H2,1-3H3. The SMILES string of the molecule is Cc1cccc(N)c1C(=O)N1CCN(CC(C)(C)O)CC1.